The Labute approximate surface area is 94.2 Å². The zero-order valence-electron chi connectivity index (χ0n) is 9.51. The fourth-order valence-corrected chi connectivity index (χ4v) is 1.91. The molecule has 0 saturated carbocycles. The molecule has 0 aliphatic carbocycles. The Balaban J connectivity index is 1.97. The molecule has 1 aromatic heterocycles. The summed E-state index contributed by atoms with van der Waals surface area (Å²) in [7, 11) is 3.59. The molecule has 16 heavy (non-hydrogen) atoms. The number of aryl methyl sites for hydroxylation is 1. The number of ether oxygens (including phenoxy) is 1. The minimum Gasteiger partial charge on any atom is -0.478 e. The molecule has 2 rings (SSSR count). The SMILES string of the molecule is COC1CN(Cc2cc(C(=O)O)cn2C)C1. The molecule has 5 heteroatoms. The van der Waals surface area contributed by atoms with Crippen molar-refractivity contribution in [2.75, 3.05) is 20.2 Å². The van der Waals surface area contributed by atoms with Crippen molar-refractivity contribution >= 4 is 5.97 Å². The molecule has 88 valence electrons. The van der Waals surface area contributed by atoms with Gasteiger partial charge in [-0.15, -0.1) is 0 Å². The van der Waals surface area contributed by atoms with Gasteiger partial charge in [0.15, 0.2) is 0 Å². The molecular weight excluding hydrogens is 208 g/mol. The predicted octanol–water partition coefficient (Wildman–Crippen LogP) is 0.554. The lowest BCUT2D eigenvalue weighted by atomic mass is 10.1. The molecule has 0 atom stereocenters. The highest BCUT2D eigenvalue weighted by Gasteiger charge is 2.26. The highest BCUT2D eigenvalue weighted by atomic mass is 16.5. The second kappa shape index (κ2) is 4.27. The molecule has 5 nitrogen and oxygen atoms in total. The summed E-state index contributed by atoms with van der Waals surface area (Å²) in [6.07, 6.45) is 1.98. The normalized spacial score (nSPS) is 17.4. The first kappa shape index (κ1) is 11.2. The quantitative estimate of drug-likeness (QED) is 0.811. The van der Waals surface area contributed by atoms with Crippen molar-refractivity contribution in [1.82, 2.24) is 9.47 Å². The van der Waals surface area contributed by atoms with Crippen LogP contribution < -0.4 is 0 Å². The third-order valence-electron chi connectivity index (χ3n) is 3.00. The molecule has 0 spiro atoms. The first-order chi connectivity index (χ1) is 7.60. The molecule has 1 aliphatic heterocycles. The molecule has 0 amide bonds. The number of hydrogen-bond donors (Lipinski definition) is 1. The summed E-state index contributed by atoms with van der Waals surface area (Å²) in [4.78, 5) is 13.0. The van der Waals surface area contributed by atoms with Crippen LogP contribution in [0, 0.1) is 0 Å². The van der Waals surface area contributed by atoms with Crippen LogP contribution in [0.2, 0.25) is 0 Å². The van der Waals surface area contributed by atoms with E-state index in [9.17, 15) is 4.79 Å². The van der Waals surface area contributed by atoms with Gasteiger partial charge in [-0.25, -0.2) is 4.79 Å². The fraction of sp³-hybridized carbons (Fsp3) is 0.545. The molecule has 0 radical (unpaired) electrons. The molecule has 1 fully saturated rings. The van der Waals surface area contributed by atoms with Gasteiger partial charge in [0.25, 0.3) is 0 Å². The minimum atomic E-state index is -0.875. The number of carboxylic acids is 1. The predicted molar refractivity (Wildman–Crippen MR) is 58.4 cm³/mol. The summed E-state index contributed by atoms with van der Waals surface area (Å²) in [5.74, 6) is -0.875. The molecule has 2 heterocycles. The van der Waals surface area contributed by atoms with Crippen molar-refractivity contribution in [3.8, 4) is 0 Å². The third-order valence-corrected chi connectivity index (χ3v) is 3.00. The van der Waals surface area contributed by atoms with Crippen molar-refractivity contribution < 1.29 is 14.6 Å². The van der Waals surface area contributed by atoms with Crippen LogP contribution in [0.1, 0.15) is 16.1 Å². The third kappa shape index (κ3) is 2.10. The van der Waals surface area contributed by atoms with Gasteiger partial charge in [0.1, 0.15) is 0 Å². The van der Waals surface area contributed by atoms with E-state index in [1.54, 1.807) is 19.4 Å². The van der Waals surface area contributed by atoms with E-state index in [0.29, 0.717) is 11.7 Å². The molecular formula is C11H16N2O3. The summed E-state index contributed by atoms with van der Waals surface area (Å²) in [6, 6.07) is 1.72. The van der Waals surface area contributed by atoms with Crippen molar-refractivity contribution in [3.05, 3.63) is 23.5 Å². The fourth-order valence-electron chi connectivity index (χ4n) is 1.91. The molecule has 0 aromatic carbocycles. The highest BCUT2D eigenvalue weighted by molar-refractivity contribution is 5.87. The summed E-state index contributed by atoms with van der Waals surface area (Å²) < 4.78 is 7.05. The Bertz CT molecular complexity index is 394. The average molecular weight is 224 g/mol. The molecule has 0 unspecified atom stereocenters. The van der Waals surface area contributed by atoms with E-state index in [4.69, 9.17) is 9.84 Å². The Morgan fingerprint density at radius 3 is 2.81 bits per heavy atom. The van der Waals surface area contributed by atoms with Gasteiger partial charge in [0, 0.05) is 45.7 Å². The van der Waals surface area contributed by atoms with Crippen LogP contribution in [0.25, 0.3) is 0 Å². The van der Waals surface area contributed by atoms with E-state index in [1.807, 2.05) is 11.6 Å². The zero-order valence-corrected chi connectivity index (χ0v) is 9.51. The summed E-state index contributed by atoms with van der Waals surface area (Å²) in [6.45, 7) is 2.62. The lowest BCUT2D eigenvalue weighted by molar-refractivity contribution is -0.0342. The number of carbonyl (C=O) groups is 1. The van der Waals surface area contributed by atoms with Crippen LogP contribution >= 0.6 is 0 Å². The molecule has 0 bridgehead atoms. The maximum atomic E-state index is 10.8. The first-order valence-electron chi connectivity index (χ1n) is 5.24. The Kier molecular flexibility index (Phi) is 2.98. The van der Waals surface area contributed by atoms with Crippen LogP contribution in [-0.2, 0) is 18.3 Å². The Hall–Kier alpha value is -1.33. The van der Waals surface area contributed by atoms with Crippen LogP contribution in [-0.4, -0.2) is 46.8 Å². The minimum absolute atomic E-state index is 0.333. The summed E-state index contributed by atoms with van der Waals surface area (Å²) in [5, 5.41) is 8.86. The maximum Gasteiger partial charge on any atom is 0.337 e. The van der Waals surface area contributed by atoms with Crippen LogP contribution in [0.3, 0.4) is 0 Å². The topological polar surface area (TPSA) is 54.7 Å². The van der Waals surface area contributed by atoms with E-state index in [0.717, 1.165) is 25.3 Å². The standard InChI is InChI=1S/C11H16N2O3/c1-12-4-8(11(14)15)3-9(12)5-13-6-10(7-13)16-2/h3-4,10H,5-7H2,1-2H3,(H,14,15). The molecule has 1 N–H and O–H groups in total. The van der Waals surface area contributed by atoms with Gasteiger partial charge in [0.05, 0.1) is 11.7 Å². The van der Waals surface area contributed by atoms with Crippen molar-refractivity contribution in [2.45, 2.75) is 12.6 Å². The zero-order chi connectivity index (χ0) is 11.7. The second-order valence-corrected chi connectivity index (χ2v) is 4.19. The second-order valence-electron chi connectivity index (χ2n) is 4.19. The number of aromatic nitrogens is 1. The van der Waals surface area contributed by atoms with E-state index in [2.05, 4.69) is 4.90 Å². The molecule has 1 aromatic rings. The van der Waals surface area contributed by atoms with Crippen molar-refractivity contribution in [2.24, 2.45) is 7.05 Å². The van der Waals surface area contributed by atoms with Gasteiger partial charge < -0.3 is 14.4 Å². The van der Waals surface area contributed by atoms with E-state index < -0.39 is 5.97 Å². The van der Waals surface area contributed by atoms with Gasteiger partial charge in [-0.1, -0.05) is 0 Å². The van der Waals surface area contributed by atoms with E-state index in [-0.39, 0.29) is 0 Å². The number of nitrogens with zero attached hydrogens (tertiary/aromatic N) is 2. The number of likely N-dealkylation sites (tertiary alicyclic amines) is 1. The lowest BCUT2D eigenvalue weighted by Crippen LogP contribution is -2.51. The van der Waals surface area contributed by atoms with Gasteiger partial charge in [-0.2, -0.15) is 0 Å². The number of carboxylic acid groups (broad SMARTS) is 1. The summed E-state index contributed by atoms with van der Waals surface area (Å²) >= 11 is 0. The number of aromatic carboxylic acids is 1. The molecule has 1 aliphatic rings. The van der Waals surface area contributed by atoms with Crippen LogP contribution in [0.5, 0.6) is 0 Å². The molecule has 1 saturated heterocycles. The largest absolute Gasteiger partial charge is 0.478 e. The Morgan fingerprint density at radius 2 is 2.31 bits per heavy atom. The smallest absolute Gasteiger partial charge is 0.337 e. The van der Waals surface area contributed by atoms with E-state index in [1.165, 1.54) is 0 Å². The van der Waals surface area contributed by atoms with Crippen LogP contribution in [0.4, 0.5) is 0 Å². The van der Waals surface area contributed by atoms with Crippen LogP contribution in [0.15, 0.2) is 12.3 Å². The highest BCUT2D eigenvalue weighted by Crippen LogP contribution is 2.16. The van der Waals surface area contributed by atoms with Gasteiger partial charge in [0.2, 0.25) is 0 Å². The average Bonchev–Trinajstić information content (AvgIpc) is 2.53. The number of rotatable bonds is 4. The van der Waals surface area contributed by atoms with Crippen molar-refractivity contribution in [1.29, 1.82) is 0 Å². The number of methoxy groups -OCH3 is 1. The van der Waals surface area contributed by atoms with E-state index >= 15 is 0 Å². The number of hydrogen-bond acceptors (Lipinski definition) is 3. The lowest BCUT2D eigenvalue weighted by Gasteiger charge is -2.38. The van der Waals surface area contributed by atoms with Gasteiger partial charge in [-0.3, -0.25) is 4.90 Å². The monoisotopic (exact) mass is 224 g/mol. The van der Waals surface area contributed by atoms with Gasteiger partial charge in [-0.05, 0) is 6.07 Å². The van der Waals surface area contributed by atoms with Gasteiger partial charge >= 0.3 is 5.97 Å². The Morgan fingerprint density at radius 1 is 1.62 bits per heavy atom. The maximum absolute atomic E-state index is 10.8. The first-order valence-corrected chi connectivity index (χ1v) is 5.24. The summed E-state index contributed by atoms with van der Waals surface area (Å²) in [5.41, 5.74) is 1.37. The van der Waals surface area contributed by atoms with Crippen molar-refractivity contribution in [3.63, 3.8) is 0 Å².